The van der Waals surface area contributed by atoms with E-state index in [1.807, 2.05) is 0 Å². The Labute approximate surface area is 120 Å². The number of hydrogen-bond acceptors (Lipinski definition) is 2. The molecule has 1 saturated carbocycles. The van der Waals surface area contributed by atoms with Gasteiger partial charge in [-0.15, -0.1) is 0 Å². The molecule has 2 nitrogen and oxygen atoms in total. The van der Waals surface area contributed by atoms with E-state index in [0.717, 1.165) is 24.4 Å². The number of nitrogens with zero attached hydrogens (tertiary/aromatic N) is 1. The fourth-order valence-corrected chi connectivity index (χ4v) is 4.06. The van der Waals surface area contributed by atoms with Crippen molar-refractivity contribution in [2.24, 2.45) is 11.8 Å². The third-order valence-corrected chi connectivity index (χ3v) is 5.15. The smallest absolute Gasteiger partial charge is 0.0108 e. The number of hydrogen-bond donors (Lipinski definition) is 1. The Kier molecular flexibility index (Phi) is 6.66. The second-order valence-electron chi connectivity index (χ2n) is 6.91. The van der Waals surface area contributed by atoms with Crippen molar-refractivity contribution in [3.05, 3.63) is 0 Å². The molecule has 112 valence electrons. The van der Waals surface area contributed by atoms with Gasteiger partial charge in [-0.2, -0.15) is 0 Å². The van der Waals surface area contributed by atoms with Gasteiger partial charge in [0.05, 0.1) is 0 Å². The lowest BCUT2D eigenvalue weighted by atomic mass is 9.78. The van der Waals surface area contributed by atoms with Crippen molar-refractivity contribution in [3.63, 3.8) is 0 Å². The highest BCUT2D eigenvalue weighted by atomic mass is 15.1. The largest absolute Gasteiger partial charge is 0.314 e. The van der Waals surface area contributed by atoms with Crippen molar-refractivity contribution >= 4 is 0 Å². The van der Waals surface area contributed by atoms with Gasteiger partial charge < -0.3 is 10.2 Å². The highest BCUT2D eigenvalue weighted by molar-refractivity contribution is 4.85. The Bertz CT molecular complexity index is 233. The molecule has 0 amide bonds. The van der Waals surface area contributed by atoms with Crippen LogP contribution in [0.2, 0.25) is 0 Å². The Morgan fingerprint density at radius 3 is 2.37 bits per heavy atom. The second kappa shape index (κ2) is 8.26. The van der Waals surface area contributed by atoms with Crippen LogP contribution in [0.3, 0.4) is 0 Å². The molecule has 0 bridgehead atoms. The van der Waals surface area contributed by atoms with Crippen LogP contribution in [0.5, 0.6) is 0 Å². The summed E-state index contributed by atoms with van der Waals surface area (Å²) in [6, 6.07) is 0.784. The van der Waals surface area contributed by atoms with Gasteiger partial charge in [-0.05, 0) is 63.6 Å². The summed E-state index contributed by atoms with van der Waals surface area (Å²) in [4.78, 5) is 2.77. The molecule has 0 aromatic heterocycles. The molecule has 0 aromatic rings. The SMILES string of the molecule is CCNC1CCC(C)CC1CN1CCCCCCC1. The highest BCUT2D eigenvalue weighted by Gasteiger charge is 2.29. The number of rotatable bonds is 4. The minimum absolute atomic E-state index is 0.784. The minimum Gasteiger partial charge on any atom is -0.314 e. The predicted molar refractivity (Wildman–Crippen MR) is 83.5 cm³/mol. The molecule has 2 fully saturated rings. The lowest BCUT2D eigenvalue weighted by molar-refractivity contribution is 0.138. The molecule has 3 unspecified atom stereocenters. The van der Waals surface area contributed by atoms with Gasteiger partial charge in [0.25, 0.3) is 0 Å². The summed E-state index contributed by atoms with van der Waals surface area (Å²) in [5.41, 5.74) is 0. The first kappa shape index (κ1) is 15.3. The first-order valence-corrected chi connectivity index (χ1v) is 8.75. The standard InChI is InChI=1S/C17H34N2/c1-3-18-17-10-9-15(2)13-16(17)14-19-11-7-5-4-6-8-12-19/h15-18H,3-14H2,1-2H3. The third kappa shape index (κ3) is 5.07. The Hall–Kier alpha value is -0.0800. The zero-order valence-corrected chi connectivity index (χ0v) is 13.2. The highest BCUT2D eigenvalue weighted by Crippen LogP contribution is 2.30. The molecule has 1 saturated heterocycles. The van der Waals surface area contributed by atoms with Gasteiger partial charge in [-0.25, -0.2) is 0 Å². The average Bonchev–Trinajstić information content (AvgIpc) is 2.36. The first-order chi connectivity index (χ1) is 9.29. The van der Waals surface area contributed by atoms with Crippen LogP contribution in [0.15, 0.2) is 0 Å². The van der Waals surface area contributed by atoms with Crippen molar-refractivity contribution in [2.75, 3.05) is 26.2 Å². The molecule has 2 rings (SSSR count). The summed E-state index contributed by atoms with van der Waals surface area (Å²) < 4.78 is 0. The summed E-state index contributed by atoms with van der Waals surface area (Å²) in [5, 5.41) is 3.75. The van der Waals surface area contributed by atoms with Crippen LogP contribution in [0, 0.1) is 11.8 Å². The van der Waals surface area contributed by atoms with Gasteiger partial charge in [0.15, 0.2) is 0 Å². The molecule has 0 aromatic carbocycles. The van der Waals surface area contributed by atoms with Crippen LogP contribution in [-0.4, -0.2) is 37.1 Å². The zero-order chi connectivity index (χ0) is 13.5. The predicted octanol–water partition coefficient (Wildman–Crippen LogP) is 3.67. The van der Waals surface area contributed by atoms with Crippen molar-refractivity contribution in [2.45, 2.75) is 71.3 Å². The maximum absolute atomic E-state index is 3.75. The van der Waals surface area contributed by atoms with Gasteiger partial charge in [-0.1, -0.05) is 33.1 Å². The second-order valence-corrected chi connectivity index (χ2v) is 6.91. The van der Waals surface area contributed by atoms with Crippen LogP contribution in [0.4, 0.5) is 0 Å². The van der Waals surface area contributed by atoms with Crippen LogP contribution < -0.4 is 5.32 Å². The Balaban J connectivity index is 1.85. The molecule has 19 heavy (non-hydrogen) atoms. The van der Waals surface area contributed by atoms with Crippen molar-refractivity contribution < 1.29 is 0 Å². The maximum Gasteiger partial charge on any atom is 0.0108 e. The first-order valence-electron chi connectivity index (χ1n) is 8.75. The van der Waals surface area contributed by atoms with Crippen LogP contribution in [0.1, 0.15) is 65.2 Å². The normalized spacial score (nSPS) is 34.7. The summed E-state index contributed by atoms with van der Waals surface area (Å²) in [5.74, 6) is 1.83. The maximum atomic E-state index is 3.75. The lowest BCUT2D eigenvalue weighted by Crippen LogP contribution is -2.46. The van der Waals surface area contributed by atoms with Crippen LogP contribution in [0.25, 0.3) is 0 Å². The van der Waals surface area contributed by atoms with E-state index >= 15 is 0 Å². The monoisotopic (exact) mass is 266 g/mol. The van der Waals surface area contributed by atoms with E-state index in [0.29, 0.717) is 0 Å². The molecule has 2 heteroatoms. The molecule has 1 aliphatic heterocycles. The topological polar surface area (TPSA) is 15.3 Å². The van der Waals surface area contributed by atoms with Gasteiger partial charge >= 0.3 is 0 Å². The quantitative estimate of drug-likeness (QED) is 0.835. The van der Waals surface area contributed by atoms with Crippen molar-refractivity contribution in [3.8, 4) is 0 Å². The van der Waals surface area contributed by atoms with Crippen molar-refractivity contribution in [1.82, 2.24) is 10.2 Å². The van der Waals surface area contributed by atoms with Crippen LogP contribution in [-0.2, 0) is 0 Å². The van der Waals surface area contributed by atoms with Crippen molar-refractivity contribution in [1.29, 1.82) is 0 Å². The fourth-order valence-electron chi connectivity index (χ4n) is 4.06. The van der Waals surface area contributed by atoms with Gasteiger partial charge in [0, 0.05) is 12.6 Å². The van der Waals surface area contributed by atoms with E-state index in [-0.39, 0.29) is 0 Å². The van der Waals surface area contributed by atoms with E-state index in [1.54, 1.807) is 0 Å². The van der Waals surface area contributed by atoms with Gasteiger partial charge in [0.2, 0.25) is 0 Å². The molecule has 0 radical (unpaired) electrons. The Morgan fingerprint density at radius 2 is 1.68 bits per heavy atom. The summed E-state index contributed by atoms with van der Waals surface area (Å²) in [7, 11) is 0. The molecule has 2 aliphatic rings. The van der Waals surface area contributed by atoms with Gasteiger partial charge in [0.1, 0.15) is 0 Å². The molecule has 0 spiro atoms. The molecule has 1 N–H and O–H groups in total. The Morgan fingerprint density at radius 1 is 1.00 bits per heavy atom. The zero-order valence-electron chi connectivity index (χ0n) is 13.2. The molecule has 1 heterocycles. The van der Waals surface area contributed by atoms with E-state index in [4.69, 9.17) is 0 Å². The molecular weight excluding hydrogens is 232 g/mol. The summed E-state index contributed by atoms with van der Waals surface area (Å²) in [6.07, 6.45) is 11.5. The molecule has 3 atom stereocenters. The summed E-state index contributed by atoms with van der Waals surface area (Å²) in [6.45, 7) is 9.89. The third-order valence-electron chi connectivity index (χ3n) is 5.15. The van der Waals surface area contributed by atoms with E-state index < -0.39 is 0 Å². The van der Waals surface area contributed by atoms with E-state index in [2.05, 4.69) is 24.1 Å². The average molecular weight is 266 g/mol. The van der Waals surface area contributed by atoms with Gasteiger partial charge in [-0.3, -0.25) is 0 Å². The van der Waals surface area contributed by atoms with Crippen LogP contribution >= 0.6 is 0 Å². The molecular formula is C17H34N2. The number of nitrogens with one attached hydrogen (secondary N) is 1. The number of likely N-dealkylation sites (tertiary alicyclic amines) is 1. The van der Waals surface area contributed by atoms with E-state index in [1.165, 1.54) is 71.0 Å². The lowest BCUT2D eigenvalue weighted by Gasteiger charge is -2.39. The molecule has 1 aliphatic carbocycles. The summed E-state index contributed by atoms with van der Waals surface area (Å²) >= 11 is 0. The fraction of sp³-hybridized carbons (Fsp3) is 1.00. The van der Waals surface area contributed by atoms with E-state index in [9.17, 15) is 0 Å². The minimum atomic E-state index is 0.784.